The van der Waals surface area contributed by atoms with Gasteiger partial charge >= 0.3 is 0 Å². The molecule has 100 valence electrons. The Hall–Kier alpha value is -1.06. The highest BCUT2D eigenvalue weighted by molar-refractivity contribution is 5.33. The summed E-state index contributed by atoms with van der Waals surface area (Å²) in [5, 5.41) is 14.4. The van der Waals surface area contributed by atoms with E-state index < -0.39 is 5.60 Å². The highest BCUT2D eigenvalue weighted by Gasteiger charge is 2.39. The zero-order valence-electron chi connectivity index (χ0n) is 11.3. The van der Waals surface area contributed by atoms with Crippen LogP contribution in [-0.2, 0) is 5.60 Å². The Balaban J connectivity index is 2.29. The molecule has 0 aromatic heterocycles. The van der Waals surface area contributed by atoms with Gasteiger partial charge in [-0.3, -0.25) is 0 Å². The van der Waals surface area contributed by atoms with Crippen molar-refractivity contribution in [2.45, 2.75) is 32.3 Å². The minimum atomic E-state index is -0.715. The third-order valence-corrected chi connectivity index (χ3v) is 3.89. The first kappa shape index (κ1) is 13.4. The molecular formula is C15H23NO2. The number of nitrogens with one attached hydrogen (secondary N) is 1. The average Bonchev–Trinajstić information content (AvgIpc) is 2.40. The molecule has 0 aliphatic carbocycles. The molecule has 1 heterocycles. The van der Waals surface area contributed by atoms with Crippen molar-refractivity contribution in [3.63, 3.8) is 0 Å². The molecule has 18 heavy (non-hydrogen) atoms. The largest absolute Gasteiger partial charge is 0.494 e. The van der Waals surface area contributed by atoms with Crippen LogP contribution in [0.25, 0.3) is 0 Å². The fourth-order valence-corrected chi connectivity index (χ4v) is 2.81. The van der Waals surface area contributed by atoms with Crippen molar-refractivity contribution in [1.29, 1.82) is 0 Å². The minimum absolute atomic E-state index is 0.267. The monoisotopic (exact) mass is 249 g/mol. The molecule has 2 N–H and O–H groups in total. The molecule has 1 aromatic carbocycles. The van der Waals surface area contributed by atoms with Gasteiger partial charge in [0.2, 0.25) is 0 Å². The summed E-state index contributed by atoms with van der Waals surface area (Å²) in [5.41, 5.74) is 0.273. The first-order valence-electron chi connectivity index (χ1n) is 6.87. The van der Waals surface area contributed by atoms with Gasteiger partial charge in [0, 0.05) is 12.5 Å². The lowest BCUT2D eigenvalue weighted by atomic mass is 9.75. The molecular weight excluding hydrogens is 226 g/mol. The summed E-state index contributed by atoms with van der Waals surface area (Å²) >= 11 is 0. The van der Waals surface area contributed by atoms with Crippen LogP contribution in [0.4, 0.5) is 0 Å². The molecule has 2 rings (SSSR count). The zero-order chi connectivity index (χ0) is 13.0. The number of benzene rings is 1. The predicted molar refractivity (Wildman–Crippen MR) is 72.8 cm³/mol. The summed E-state index contributed by atoms with van der Waals surface area (Å²) in [6, 6.07) is 7.90. The molecule has 0 saturated carbocycles. The van der Waals surface area contributed by atoms with E-state index >= 15 is 0 Å². The van der Waals surface area contributed by atoms with Crippen LogP contribution in [-0.4, -0.2) is 24.8 Å². The molecule has 0 amide bonds. The van der Waals surface area contributed by atoms with Crippen molar-refractivity contribution < 1.29 is 9.84 Å². The number of aliphatic hydroxyl groups is 1. The van der Waals surface area contributed by atoms with Crippen LogP contribution < -0.4 is 10.1 Å². The van der Waals surface area contributed by atoms with Crippen LogP contribution >= 0.6 is 0 Å². The lowest BCUT2D eigenvalue weighted by Crippen LogP contribution is -2.47. The lowest BCUT2D eigenvalue weighted by Gasteiger charge is -2.40. The van der Waals surface area contributed by atoms with E-state index in [1.807, 2.05) is 31.2 Å². The Kier molecular flexibility index (Phi) is 4.25. The Morgan fingerprint density at radius 3 is 3.00 bits per heavy atom. The maximum Gasteiger partial charge on any atom is 0.119 e. The van der Waals surface area contributed by atoms with E-state index in [9.17, 15) is 5.11 Å². The number of piperidine rings is 1. The second-order valence-electron chi connectivity index (χ2n) is 4.94. The second-order valence-corrected chi connectivity index (χ2v) is 4.94. The van der Waals surface area contributed by atoms with Gasteiger partial charge in [-0.1, -0.05) is 19.1 Å². The van der Waals surface area contributed by atoms with Gasteiger partial charge in [-0.15, -0.1) is 0 Å². The summed E-state index contributed by atoms with van der Waals surface area (Å²) < 4.78 is 5.52. The van der Waals surface area contributed by atoms with E-state index in [0.29, 0.717) is 6.61 Å². The van der Waals surface area contributed by atoms with E-state index in [2.05, 4.69) is 12.2 Å². The Morgan fingerprint density at radius 1 is 1.44 bits per heavy atom. The summed E-state index contributed by atoms with van der Waals surface area (Å²) in [6.07, 6.45) is 1.74. The third kappa shape index (κ3) is 2.52. The SMILES string of the molecule is CCOc1cccc(C2(O)CCNCC2CC)c1. The average molecular weight is 249 g/mol. The minimum Gasteiger partial charge on any atom is -0.494 e. The maximum atomic E-state index is 11.0. The molecule has 3 nitrogen and oxygen atoms in total. The molecule has 1 saturated heterocycles. The number of ether oxygens (including phenoxy) is 1. The van der Waals surface area contributed by atoms with Crippen molar-refractivity contribution >= 4 is 0 Å². The first-order chi connectivity index (χ1) is 8.70. The predicted octanol–water partition coefficient (Wildman–Crippen LogP) is 2.29. The van der Waals surface area contributed by atoms with Crippen LogP contribution in [0.5, 0.6) is 5.75 Å². The molecule has 2 unspecified atom stereocenters. The van der Waals surface area contributed by atoms with Crippen LogP contribution in [0, 0.1) is 5.92 Å². The fourth-order valence-electron chi connectivity index (χ4n) is 2.81. The Labute approximate surface area is 109 Å². The standard InChI is InChI=1S/C15H23NO2/c1-3-12-11-16-9-8-15(12,17)13-6-5-7-14(10-13)18-4-2/h5-7,10,12,16-17H,3-4,8-9,11H2,1-2H3. The summed E-state index contributed by atoms with van der Waals surface area (Å²) in [7, 11) is 0. The van der Waals surface area contributed by atoms with E-state index in [4.69, 9.17) is 4.74 Å². The molecule has 2 atom stereocenters. The van der Waals surface area contributed by atoms with Gasteiger partial charge in [-0.05, 0) is 44.0 Å². The van der Waals surface area contributed by atoms with Gasteiger partial charge in [0.25, 0.3) is 0 Å². The third-order valence-electron chi connectivity index (χ3n) is 3.89. The topological polar surface area (TPSA) is 41.5 Å². The highest BCUT2D eigenvalue weighted by atomic mass is 16.5. The van der Waals surface area contributed by atoms with E-state index in [-0.39, 0.29) is 5.92 Å². The first-order valence-corrected chi connectivity index (χ1v) is 6.87. The smallest absolute Gasteiger partial charge is 0.119 e. The molecule has 3 heteroatoms. The van der Waals surface area contributed by atoms with Crippen molar-refractivity contribution in [1.82, 2.24) is 5.32 Å². The Morgan fingerprint density at radius 2 is 2.28 bits per heavy atom. The Bertz CT molecular complexity index is 394. The summed E-state index contributed by atoms with van der Waals surface area (Å²) in [5.74, 6) is 1.11. The number of rotatable bonds is 4. The molecule has 1 aromatic rings. The van der Waals surface area contributed by atoms with Crippen LogP contribution in [0.1, 0.15) is 32.3 Å². The van der Waals surface area contributed by atoms with E-state index in [0.717, 1.165) is 37.2 Å². The van der Waals surface area contributed by atoms with Crippen LogP contribution in [0.15, 0.2) is 24.3 Å². The lowest BCUT2D eigenvalue weighted by molar-refractivity contribution is -0.0480. The molecule has 0 bridgehead atoms. The molecule has 0 radical (unpaired) electrons. The van der Waals surface area contributed by atoms with Gasteiger partial charge in [0.1, 0.15) is 5.75 Å². The number of hydrogen-bond acceptors (Lipinski definition) is 3. The second kappa shape index (κ2) is 5.72. The normalized spacial score (nSPS) is 28.1. The van der Waals surface area contributed by atoms with Gasteiger partial charge < -0.3 is 15.2 Å². The molecule has 0 spiro atoms. The van der Waals surface area contributed by atoms with E-state index in [1.54, 1.807) is 0 Å². The molecule has 1 aliphatic rings. The molecule has 1 aliphatic heterocycles. The van der Waals surface area contributed by atoms with Crippen molar-refractivity contribution in [2.24, 2.45) is 5.92 Å². The van der Waals surface area contributed by atoms with Crippen molar-refractivity contribution in [3.05, 3.63) is 29.8 Å². The van der Waals surface area contributed by atoms with E-state index in [1.165, 1.54) is 0 Å². The summed E-state index contributed by atoms with van der Waals surface area (Å²) in [6.45, 7) is 6.51. The maximum absolute atomic E-state index is 11.0. The van der Waals surface area contributed by atoms with Crippen LogP contribution in [0.3, 0.4) is 0 Å². The van der Waals surface area contributed by atoms with Crippen molar-refractivity contribution in [2.75, 3.05) is 19.7 Å². The fraction of sp³-hybridized carbons (Fsp3) is 0.600. The molecule has 1 fully saturated rings. The van der Waals surface area contributed by atoms with Crippen LogP contribution in [0.2, 0.25) is 0 Å². The van der Waals surface area contributed by atoms with Crippen molar-refractivity contribution in [3.8, 4) is 5.75 Å². The zero-order valence-corrected chi connectivity index (χ0v) is 11.3. The quantitative estimate of drug-likeness (QED) is 0.860. The van der Waals surface area contributed by atoms with Gasteiger partial charge in [-0.25, -0.2) is 0 Å². The van der Waals surface area contributed by atoms with Gasteiger partial charge in [0.05, 0.1) is 12.2 Å². The number of hydrogen-bond donors (Lipinski definition) is 2. The van der Waals surface area contributed by atoms with Gasteiger partial charge in [0.15, 0.2) is 0 Å². The highest BCUT2D eigenvalue weighted by Crippen LogP contribution is 2.37. The van der Waals surface area contributed by atoms with Gasteiger partial charge in [-0.2, -0.15) is 0 Å². The summed E-state index contributed by atoms with van der Waals surface area (Å²) in [4.78, 5) is 0.